The monoisotopic (exact) mass is 430 g/mol. The summed E-state index contributed by atoms with van der Waals surface area (Å²) in [7, 11) is 0. The molecule has 1 aromatic carbocycles. The third-order valence-corrected chi connectivity index (χ3v) is 7.24. The van der Waals surface area contributed by atoms with Crippen LogP contribution >= 0.6 is 0 Å². The zero-order valence-electron chi connectivity index (χ0n) is 19.3. The van der Waals surface area contributed by atoms with Crippen molar-refractivity contribution in [1.29, 1.82) is 0 Å². The van der Waals surface area contributed by atoms with Crippen molar-refractivity contribution in [2.75, 3.05) is 0 Å². The number of hydrogen-bond acceptors (Lipinski definition) is 6. The van der Waals surface area contributed by atoms with E-state index in [0.29, 0.717) is 30.6 Å². The maximum absolute atomic E-state index is 12.4. The summed E-state index contributed by atoms with van der Waals surface area (Å²) in [4.78, 5) is 35.5. The summed E-state index contributed by atoms with van der Waals surface area (Å²) in [5, 5.41) is 20.7. The summed E-state index contributed by atoms with van der Waals surface area (Å²) in [6.07, 6.45) is 3.90. The number of esters is 1. The van der Waals surface area contributed by atoms with E-state index in [0.717, 1.165) is 12.0 Å². The molecule has 170 valence electrons. The van der Waals surface area contributed by atoms with Gasteiger partial charge in [-0.15, -0.1) is 0 Å². The molecular weight excluding hydrogens is 396 g/mol. The quantitative estimate of drug-likeness (QED) is 0.370. The molecule has 6 nitrogen and oxygen atoms in total. The predicted molar refractivity (Wildman–Crippen MR) is 118 cm³/mol. The maximum Gasteiger partial charge on any atom is 0.303 e. The standard InChI is InChI=1S/C25H34O6/c1-14(7-9-19-22(29)11-15(2)20(13-26)24(19)30)23(31-18(5)27)12-25(6)16(3)8-10-21(28)17(25)4/h7,11,13,16-17,23,29-30H,8-10,12H2,1-6H3/t16-,17+,23-,25-/m1/s1. The Morgan fingerprint density at radius 3 is 2.55 bits per heavy atom. The average Bonchev–Trinajstić information content (AvgIpc) is 2.68. The summed E-state index contributed by atoms with van der Waals surface area (Å²) in [5.41, 5.74) is 1.33. The Labute approximate surface area is 184 Å². The Kier molecular flexibility index (Phi) is 7.68. The highest BCUT2D eigenvalue weighted by Crippen LogP contribution is 2.47. The van der Waals surface area contributed by atoms with Crippen molar-refractivity contribution in [1.82, 2.24) is 0 Å². The molecule has 0 aliphatic heterocycles. The van der Waals surface area contributed by atoms with Crippen LogP contribution in [0.1, 0.15) is 75.4 Å². The lowest BCUT2D eigenvalue weighted by atomic mass is 9.59. The highest BCUT2D eigenvalue weighted by molar-refractivity contribution is 5.83. The minimum absolute atomic E-state index is 0.0965. The molecule has 0 unspecified atom stereocenters. The fourth-order valence-corrected chi connectivity index (χ4v) is 4.56. The Bertz CT molecular complexity index is 900. The van der Waals surface area contributed by atoms with Gasteiger partial charge < -0.3 is 14.9 Å². The normalized spacial score (nSPS) is 25.2. The second kappa shape index (κ2) is 9.67. The molecule has 1 aliphatic rings. The minimum Gasteiger partial charge on any atom is -0.508 e. The van der Waals surface area contributed by atoms with Crippen molar-refractivity contribution in [2.45, 2.75) is 73.3 Å². The number of benzene rings is 1. The number of allylic oxidation sites excluding steroid dienone is 1. The molecule has 0 amide bonds. The van der Waals surface area contributed by atoms with Crippen LogP contribution in [0.25, 0.3) is 0 Å². The van der Waals surface area contributed by atoms with Gasteiger partial charge in [-0.1, -0.05) is 26.8 Å². The van der Waals surface area contributed by atoms with E-state index in [1.165, 1.54) is 13.0 Å². The second-order valence-electron chi connectivity index (χ2n) is 9.16. The molecule has 4 atom stereocenters. The van der Waals surface area contributed by atoms with Crippen LogP contribution in [0.4, 0.5) is 0 Å². The minimum atomic E-state index is -0.529. The van der Waals surface area contributed by atoms with Crippen LogP contribution in [0.3, 0.4) is 0 Å². The first kappa shape index (κ1) is 24.6. The Hall–Kier alpha value is -2.63. The van der Waals surface area contributed by atoms with Crippen molar-refractivity contribution >= 4 is 18.0 Å². The fourth-order valence-electron chi connectivity index (χ4n) is 4.56. The molecule has 0 heterocycles. The lowest BCUT2D eigenvalue weighted by molar-refractivity contribution is -0.148. The predicted octanol–water partition coefficient (Wildman–Crippen LogP) is 4.67. The van der Waals surface area contributed by atoms with Crippen LogP contribution in [-0.4, -0.2) is 34.4 Å². The van der Waals surface area contributed by atoms with Gasteiger partial charge in [0.2, 0.25) is 0 Å². The smallest absolute Gasteiger partial charge is 0.303 e. The van der Waals surface area contributed by atoms with Crippen molar-refractivity contribution in [3.63, 3.8) is 0 Å². The molecule has 6 heteroatoms. The molecule has 0 saturated heterocycles. The van der Waals surface area contributed by atoms with Gasteiger partial charge in [-0.05, 0) is 61.6 Å². The van der Waals surface area contributed by atoms with Crippen molar-refractivity contribution in [2.24, 2.45) is 17.3 Å². The number of carbonyl (C=O) groups is 3. The van der Waals surface area contributed by atoms with Gasteiger partial charge >= 0.3 is 5.97 Å². The third-order valence-electron chi connectivity index (χ3n) is 7.24. The number of aryl methyl sites for hydroxylation is 1. The van der Waals surface area contributed by atoms with E-state index < -0.39 is 12.1 Å². The molecule has 1 fully saturated rings. The Balaban J connectivity index is 2.35. The van der Waals surface area contributed by atoms with Gasteiger partial charge in [0.05, 0.1) is 5.56 Å². The van der Waals surface area contributed by atoms with Gasteiger partial charge in [0.15, 0.2) is 6.29 Å². The molecule has 0 spiro atoms. The first-order valence-corrected chi connectivity index (χ1v) is 10.8. The first-order chi connectivity index (χ1) is 14.4. The van der Waals surface area contributed by atoms with Gasteiger partial charge in [0, 0.05) is 24.8 Å². The molecule has 1 saturated carbocycles. The zero-order valence-corrected chi connectivity index (χ0v) is 19.3. The van der Waals surface area contributed by atoms with E-state index in [1.54, 1.807) is 13.0 Å². The lowest BCUT2D eigenvalue weighted by Crippen LogP contribution is -2.44. The summed E-state index contributed by atoms with van der Waals surface area (Å²) in [5.74, 6) is -0.352. The van der Waals surface area contributed by atoms with Crippen molar-refractivity contribution in [3.8, 4) is 11.5 Å². The second-order valence-corrected chi connectivity index (χ2v) is 9.16. The lowest BCUT2D eigenvalue weighted by Gasteiger charge is -2.45. The number of phenols is 2. The van der Waals surface area contributed by atoms with Gasteiger partial charge in [-0.3, -0.25) is 14.4 Å². The number of phenolic OH excluding ortho intramolecular Hbond substituents is 2. The van der Waals surface area contributed by atoms with Gasteiger partial charge in [-0.2, -0.15) is 0 Å². The van der Waals surface area contributed by atoms with Crippen LogP contribution in [0.15, 0.2) is 17.7 Å². The van der Waals surface area contributed by atoms with E-state index >= 15 is 0 Å². The molecule has 0 radical (unpaired) electrons. The molecular formula is C25H34O6. The number of Topliss-reactive ketones (excluding diaryl/α,β-unsaturated/α-hetero) is 1. The van der Waals surface area contributed by atoms with E-state index in [9.17, 15) is 24.6 Å². The van der Waals surface area contributed by atoms with Crippen LogP contribution in [-0.2, 0) is 20.7 Å². The average molecular weight is 431 g/mol. The zero-order chi connectivity index (χ0) is 23.5. The highest BCUT2D eigenvalue weighted by Gasteiger charge is 2.45. The number of ketones is 1. The Morgan fingerprint density at radius 1 is 1.32 bits per heavy atom. The Morgan fingerprint density at radius 2 is 1.97 bits per heavy atom. The number of carbonyl (C=O) groups excluding carboxylic acids is 3. The molecule has 0 bridgehead atoms. The largest absolute Gasteiger partial charge is 0.508 e. The summed E-state index contributed by atoms with van der Waals surface area (Å²) in [6.45, 7) is 11.0. The number of aldehydes is 1. The van der Waals surface area contributed by atoms with Crippen LogP contribution < -0.4 is 0 Å². The molecule has 1 aromatic rings. The van der Waals surface area contributed by atoms with Gasteiger partial charge in [-0.25, -0.2) is 0 Å². The number of rotatable bonds is 7. The molecule has 31 heavy (non-hydrogen) atoms. The SMILES string of the molecule is CC(=O)O[C@H](C[C@]1(C)[C@H](C)CCC(=O)[C@@H]1C)C(C)=CCc1c(O)cc(C)c(C=O)c1O. The third kappa shape index (κ3) is 5.17. The van der Waals surface area contributed by atoms with Gasteiger partial charge in [0.1, 0.15) is 23.4 Å². The van der Waals surface area contributed by atoms with E-state index in [-0.39, 0.29) is 46.2 Å². The van der Waals surface area contributed by atoms with Crippen LogP contribution in [0.2, 0.25) is 0 Å². The molecule has 2 rings (SSSR count). The topological polar surface area (TPSA) is 101 Å². The molecule has 1 aliphatic carbocycles. The highest BCUT2D eigenvalue weighted by atomic mass is 16.5. The van der Waals surface area contributed by atoms with Crippen LogP contribution in [0, 0.1) is 24.2 Å². The van der Waals surface area contributed by atoms with Gasteiger partial charge in [0.25, 0.3) is 0 Å². The van der Waals surface area contributed by atoms with E-state index in [4.69, 9.17) is 4.74 Å². The van der Waals surface area contributed by atoms with E-state index in [2.05, 4.69) is 13.8 Å². The number of ether oxygens (including phenoxy) is 1. The summed E-state index contributed by atoms with van der Waals surface area (Å²) >= 11 is 0. The first-order valence-electron chi connectivity index (χ1n) is 10.8. The summed E-state index contributed by atoms with van der Waals surface area (Å²) in [6, 6.07) is 1.45. The maximum atomic E-state index is 12.4. The number of aromatic hydroxyl groups is 2. The van der Waals surface area contributed by atoms with Crippen molar-refractivity contribution in [3.05, 3.63) is 34.4 Å². The number of hydrogen-bond donors (Lipinski definition) is 2. The summed E-state index contributed by atoms with van der Waals surface area (Å²) < 4.78 is 5.63. The molecule has 0 aromatic heterocycles. The fraction of sp³-hybridized carbons (Fsp3) is 0.560. The van der Waals surface area contributed by atoms with E-state index in [1.807, 2.05) is 13.8 Å². The molecule has 2 N–H and O–H groups in total. The van der Waals surface area contributed by atoms with Crippen molar-refractivity contribution < 1.29 is 29.3 Å². The van der Waals surface area contributed by atoms with Crippen LogP contribution in [0.5, 0.6) is 11.5 Å².